The number of ether oxygens (including phenoxy) is 1. The number of fused-ring (bicyclic) bond motifs is 9. The van der Waals surface area contributed by atoms with E-state index < -0.39 is 47.5 Å². The van der Waals surface area contributed by atoms with E-state index in [1.54, 1.807) is 38.1 Å². The average molecular weight is 729 g/mol. The molecule has 4 aliphatic rings. The molecule has 2 aliphatic heterocycles. The van der Waals surface area contributed by atoms with Crippen molar-refractivity contribution in [3.63, 3.8) is 0 Å². The lowest BCUT2D eigenvalue weighted by Crippen LogP contribution is -2.49. The molecular formula is C32H30BrN3O8S2. The summed E-state index contributed by atoms with van der Waals surface area (Å²) >= 11 is 6.22. The van der Waals surface area contributed by atoms with Crippen molar-refractivity contribution in [3.05, 3.63) is 67.0 Å². The number of imide groups is 1. The minimum Gasteiger partial charge on any atom is -0.508 e. The molecule has 2 bridgehead atoms. The van der Waals surface area contributed by atoms with Crippen molar-refractivity contribution in [1.29, 1.82) is 0 Å². The molecule has 7 unspecified atom stereocenters. The van der Waals surface area contributed by atoms with Crippen LogP contribution in [0.25, 0.3) is 0 Å². The maximum atomic E-state index is 14.0. The van der Waals surface area contributed by atoms with E-state index in [0.29, 0.717) is 17.9 Å². The minimum atomic E-state index is -1.23. The van der Waals surface area contributed by atoms with Gasteiger partial charge in [-0.25, -0.2) is 4.79 Å². The number of aromatic amines is 1. The van der Waals surface area contributed by atoms with Crippen molar-refractivity contribution in [2.75, 3.05) is 11.9 Å². The Bertz CT molecular complexity index is 1820. The first-order chi connectivity index (χ1) is 21.9. The molecule has 4 N–H and O–H groups in total. The number of carbonyl (C=O) groups excluding carboxylic acids is 3. The van der Waals surface area contributed by atoms with Crippen LogP contribution in [-0.4, -0.2) is 61.7 Å². The number of phenols is 1. The fourth-order valence-electron chi connectivity index (χ4n) is 8.13. The van der Waals surface area contributed by atoms with Gasteiger partial charge in [-0.15, -0.1) is 11.8 Å². The molecule has 3 fully saturated rings. The first kappa shape index (κ1) is 31.0. The number of thioether (sulfide) groups is 1. The third-order valence-electron chi connectivity index (χ3n) is 9.74. The topological polar surface area (TPSA) is 166 Å². The van der Waals surface area contributed by atoms with Gasteiger partial charge in [-0.1, -0.05) is 41.1 Å². The average Bonchev–Trinajstić information content (AvgIpc) is 3.73. The molecule has 0 spiro atoms. The number of likely N-dealkylation sites (tertiary alicyclic amines) is 1. The number of aromatic hydroxyl groups is 1. The Balaban J connectivity index is 1.24. The molecule has 1 saturated heterocycles. The van der Waals surface area contributed by atoms with Crippen molar-refractivity contribution >= 4 is 68.4 Å². The van der Waals surface area contributed by atoms with E-state index in [2.05, 4.69) is 26.2 Å². The van der Waals surface area contributed by atoms with Crippen molar-refractivity contribution < 1.29 is 34.1 Å². The summed E-state index contributed by atoms with van der Waals surface area (Å²) in [5.41, 5.74) is 1.25. The van der Waals surface area contributed by atoms with Crippen LogP contribution in [-0.2, 0) is 19.2 Å². The van der Waals surface area contributed by atoms with E-state index in [4.69, 9.17) is 4.74 Å². The standard InChI is InChI=1S/C32H30BrN3O8S2/c1-12(2)25(31(41)42)36-29(39)23-17-10-18(24(23)30(36)40)26-22(17)21(27-28(45-26)35-32(43)46-27)16-9-13(33)3-8-19(16)44-11-20(38)34-14-4-6-15(37)7-5-14/h3-9,12,17-18,21-26,37H,10-11H2,1-2H3,(H,34,38)(H,35,43)(H,41,42)/t17?,18?,21-,22?,23?,24?,25?,26?/m1/s1. The summed E-state index contributed by atoms with van der Waals surface area (Å²) in [5.74, 6) is -4.47. The second kappa shape index (κ2) is 11.6. The van der Waals surface area contributed by atoms with Gasteiger partial charge in [-0.05, 0) is 72.6 Å². The summed E-state index contributed by atoms with van der Waals surface area (Å²) in [7, 11) is 0. The maximum Gasteiger partial charge on any atom is 0.327 e. The molecule has 2 aliphatic carbocycles. The molecule has 2 saturated carbocycles. The van der Waals surface area contributed by atoms with Crippen LogP contribution in [0.3, 0.4) is 0 Å². The maximum absolute atomic E-state index is 14.0. The molecular weight excluding hydrogens is 698 g/mol. The molecule has 46 heavy (non-hydrogen) atoms. The summed E-state index contributed by atoms with van der Waals surface area (Å²) < 4.78 is 6.88. The van der Waals surface area contributed by atoms with Crippen molar-refractivity contribution in [3.8, 4) is 11.5 Å². The van der Waals surface area contributed by atoms with E-state index in [-0.39, 0.29) is 46.2 Å². The third kappa shape index (κ3) is 4.96. The number of halogens is 1. The predicted octanol–water partition coefficient (Wildman–Crippen LogP) is 4.50. The van der Waals surface area contributed by atoms with Crippen LogP contribution >= 0.6 is 39.0 Å². The Morgan fingerprint density at radius 1 is 1.09 bits per heavy atom. The fraction of sp³-hybridized carbons (Fsp3) is 0.406. The highest BCUT2D eigenvalue weighted by Gasteiger charge is 2.70. The van der Waals surface area contributed by atoms with Gasteiger partial charge in [0, 0.05) is 31.8 Å². The first-order valence-electron chi connectivity index (χ1n) is 14.9. The Kier molecular flexibility index (Phi) is 7.80. The molecule has 3 aromatic rings. The van der Waals surface area contributed by atoms with Gasteiger partial charge < -0.3 is 25.3 Å². The number of H-pyrrole nitrogens is 1. The molecule has 240 valence electrons. The van der Waals surface area contributed by atoms with Crippen LogP contribution in [0.5, 0.6) is 11.5 Å². The second-order valence-corrected chi connectivity index (χ2v) is 15.7. The van der Waals surface area contributed by atoms with Gasteiger partial charge >= 0.3 is 10.8 Å². The van der Waals surface area contributed by atoms with Gasteiger partial charge in [0.05, 0.1) is 16.9 Å². The molecule has 1 aromatic heterocycles. The summed E-state index contributed by atoms with van der Waals surface area (Å²) in [6.45, 7) is 3.09. The number of phenolic OH excluding ortho intramolecular Hbond substituents is 1. The molecule has 8 atom stereocenters. The largest absolute Gasteiger partial charge is 0.508 e. The first-order valence-corrected chi connectivity index (χ1v) is 17.4. The molecule has 3 heterocycles. The Morgan fingerprint density at radius 2 is 1.78 bits per heavy atom. The Labute approximate surface area is 279 Å². The molecule has 3 amide bonds. The quantitative estimate of drug-likeness (QED) is 0.193. The number of nitrogens with zero attached hydrogens (tertiary/aromatic N) is 1. The molecule has 7 rings (SSSR count). The number of carbonyl (C=O) groups is 4. The SMILES string of the molecule is CC(C)C(C(=O)O)N1C(=O)C2C3CC(C2C1=O)C1C3Sc2[nH]c(=O)sc2[C@@H]1c1cc(Br)ccc1OCC(=O)Nc1ccc(O)cc1. The molecule has 11 nitrogen and oxygen atoms in total. The lowest BCUT2D eigenvalue weighted by molar-refractivity contribution is -0.157. The van der Waals surface area contributed by atoms with Gasteiger partial charge in [0.1, 0.15) is 17.5 Å². The van der Waals surface area contributed by atoms with Gasteiger partial charge in [0.15, 0.2) is 6.61 Å². The zero-order chi connectivity index (χ0) is 32.6. The van der Waals surface area contributed by atoms with E-state index in [1.807, 2.05) is 6.07 Å². The van der Waals surface area contributed by atoms with Crippen molar-refractivity contribution in [2.45, 2.75) is 42.5 Å². The summed E-state index contributed by atoms with van der Waals surface area (Å²) in [4.78, 5) is 70.1. The van der Waals surface area contributed by atoms with Crippen LogP contribution in [0, 0.1) is 35.5 Å². The van der Waals surface area contributed by atoms with Gasteiger partial charge in [0.2, 0.25) is 11.8 Å². The summed E-state index contributed by atoms with van der Waals surface area (Å²) in [6, 6.07) is 10.3. The smallest absolute Gasteiger partial charge is 0.327 e. The number of aromatic nitrogens is 1. The van der Waals surface area contributed by atoms with E-state index in [9.17, 15) is 34.2 Å². The number of amides is 3. The van der Waals surface area contributed by atoms with Crippen LogP contribution < -0.4 is 14.9 Å². The van der Waals surface area contributed by atoms with Crippen LogP contribution in [0.15, 0.2) is 56.8 Å². The van der Waals surface area contributed by atoms with Crippen molar-refractivity contribution in [2.24, 2.45) is 35.5 Å². The van der Waals surface area contributed by atoms with E-state index in [0.717, 1.165) is 36.2 Å². The highest BCUT2D eigenvalue weighted by atomic mass is 79.9. The number of aliphatic carboxylic acids is 1. The number of hydrogen-bond acceptors (Lipinski definition) is 9. The summed E-state index contributed by atoms with van der Waals surface area (Å²) in [5, 5.41) is 22.9. The Morgan fingerprint density at radius 3 is 2.46 bits per heavy atom. The van der Waals surface area contributed by atoms with Gasteiger partial charge in [0.25, 0.3) is 5.91 Å². The summed E-state index contributed by atoms with van der Waals surface area (Å²) in [6.07, 6.45) is 0.650. The molecule has 0 radical (unpaired) electrons. The highest BCUT2D eigenvalue weighted by Crippen LogP contribution is 2.69. The Hall–Kier alpha value is -3.62. The number of rotatable bonds is 8. The minimum absolute atomic E-state index is 0.0778. The van der Waals surface area contributed by atoms with Crippen LogP contribution in [0.1, 0.15) is 36.6 Å². The number of anilines is 1. The molecule has 14 heteroatoms. The van der Waals surface area contributed by atoms with E-state index in [1.165, 1.54) is 23.9 Å². The second-order valence-electron chi connectivity index (χ2n) is 12.6. The fourth-order valence-corrected chi connectivity index (χ4v) is 11.4. The van der Waals surface area contributed by atoms with Crippen LogP contribution in [0.2, 0.25) is 0 Å². The number of thiazole rings is 1. The van der Waals surface area contributed by atoms with E-state index >= 15 is 0 Å². The van der Waals surface area contributed by atoms with Gasteiger partial charge in [-0.2, -0.15) is 0 Å². The monoisotopic (exact) mass is 727 g/mol. The number of carboxylic acids is 1. The zero-order valence-corrected chi connectivity index (χ0v) is 27.9. The van der Waals surface area contributed by atoms with Crippen LogP contribution in [0.4, 0.5) is 5.69 Å². The third-order valence-corrected chi connectivity index (χ3v) is 12.8. The number of carboxylic acid groups (broad SMARTS) is 1. The normalized spacial score (nSPS) is 28.2. The zero-order valence-electron chi connectivity index (χ0n) is 24.6. The van der Waals surface area contributed by atoms with Gasteiger partial charge in [-0.3, -0.25) is 24.1 Å². The van der Waals surface area contributed by atoms with Crippen molar-refractivity contribution in [1.82, 2.24) is 9.88 Å². The number of hydrogen-bond donors (Lipinski definition) is 4. The lowest BCUT2D eigenvalue weighted by atomic mass is 9.68. The number of benzene rings is 2. The highest BCUT2D eigenvalue weighted by molar-refractivity contribution is 9.10. The number of nitrogens with one attached hydrogen (secondary N) is 2. The predicted molar refractivity (Wildman–Crippen MR) is 173 cm³/mol. The lowest BCUT2D eigenvalue weighted by Gasteiger charge is -2.43. The molecule has 2 aromatic carbocycles.